The predicted octanol–water partition coefficient (Wildman–Crippen LogP) is 2.24. The number of primary amides is 1. The summed E-state index contributed by atoms with van der Waals surface area (Å²) in [5.74, 6) is 0.149. The highest BCUT2D eigenvalue weighted by Crippen LogP contribution is 2.23. The van der Waals surface area contributed by atoms with Gasteiger partial charge in [0.25, 0.3) is 11.5 Å². The van der Waals surface area contributed by atoms with E-state index in [4.69, 9.17) is 23.1 Å². The van der Waals surface area contributed by atoms with Crippen LogP contribution in [0.2, 0.25) is 5.02 Å². The number of nitrogens with two attached hydrogens (primary N) is 2. The van der Waals surface area contributed by atoms with Crippen molar-refractivity contribution in [3.63, 3.8) is 0 Å². The zero-order valence-corrected chi connectivity index (χ0v) is 19.2. The molecule has 1 aromatic carbocycles. The summed E-state index contributed by atoms with van der Waals surface area (Å²) in [5, 5.41) is 8.97. The lowest BCUT2D eigenvalue weighted by Gasteiger charge is -2.16. The number of hydrogen-bond donors (Lipinski definition) is 3. The van der Waals surface area contributed by atoms with Gasteiger partial charge in [0.15, 0.2) is 5.82 Å². The fourth-order valence-corrected chi connectivity index (χ4v) is 3.79. The van der Waals surface area contributed by atoms with E-state index in [2.05, 4.69) is 28.3 Å². The molecule has 0 spiro atoms. The number of amides is 1. The Balaban J connectivity index is 0.000000193. The molecule has 0 saturated carbocycles. The number of aryl methyl sites for hydroxylation is 1. The van der Waals surface area contributed by atoms with Gasteiger partial charge in [0.1, 0.15) is 11.4 Å². The van der Waals surface area contributed by atoms with E-state index in [1.807, 2.05) is 36.9 Å². The second kappa shape index (κ2) is 9.88. The first-order valence-corrected chi connectivity index (χ1v) is 10.7. The molecule has 32 heavy (non-hydrogen) atoms. The van der Waals surface area contributed by atoms with E-state index in [1.165, 1.54) is 4.68 Å². The molecule has 3 heterocycles. The van der Waals surface area contributed by atoms with Crippen molar-refractivity contribution in [3.05, 3.63) is 57.0 Å². The number of aromatic nitrogens is 3. The summed E-state index contributed by atoms with van der Waals surface area (Å²) in [6.45, 7) is 4.24. The fourth-order valence-electron chi connectivity index (χ4n) is 3.53. The molecule has 1 aliphatic rings. The fraction of sp³-hybridized carbons (Fsp3) is 0.318. The number of pyridine rings is 1. The molecule has 4 rings (SSSR count). The van der Waals surface area contributed by atoms with Crippen LogP contribution in [0.1, 0.15) is 23.0 Å². The molecule has 3 aromatic rings. The smallest absolute Gasteiger partial charge is 0.260 e. The lowest BCUT2D eigenvalue weighted by Crippen LogP contribution is -2.29. The third-order valence-electron chi connectivity index (χ3n) is 5.12. The highest BCUT2D eigenvalue weighted by Gasteiger charge is 2.20. The monoisotopic (exact) mass is 457 g/mol. The Morgan fingerprint density at radius 3 is 2.75 bits per heavy atom. The second-order valence-electron chi connectivity index (χ2n) is 7.64. The van der Waals surface area contributed by atoms with Gasteiger partial charge in [-0.05, 0) is 44.1 Å². The molecular formula is C22H28ClN7O2. The number of benzene rings is 1. The molecule has 0 unspecified atom stereocenters. The number of rotatable bonds is 5. The summed E-state index contributed by atoms with van der Waals surface area (Å²) >= 11 is 6.17. The van der Waals surface area contributed by atoms with Crippen LogP contribution in [-0.4, -0.2) is 52.3 Å². The van der Waals surface area contributed by atoms with E-state index in [0.717, 1.165) is 24.0 Å². The van der Waals surface area contributed by atoms with Gasteiger partial charge in [-0.2, -0.15) is 0 Å². The average Bonchev–Trinajstić information content (AvgIpc) is 3.09. The number of nitrogens with one attached hydrogen (secondary N) is 1. The molecular weight excluding hydrogens is 430 g/mol. The first-order chi connectivity index (χ1) is 15.2. The number of likely N-dealkylation sites (N-methyl/N-ethyl adjacent to an activating group) is 1. The molecule has 0 bridgehead atoms. The lowest BCUT2D eigenvalue weighted by molar-refractivity contribution is 0.100. The average molecular weight is 458 g/mol. The van der Waals surface area contributed by atoms with Gasteiger partial charge >= 0.3 is 0 Å². The number of nitrogens with zero attached hydrogens (tertiary/aromatic N) is 4. The largest absolute Gasteiger partial charge is 0.381 e. The van der Waals surface area contributed by atoms with Crippen LogP contribution >= 0.6 is 11.6 Å². The van der Waals surface area contributed by atoms with Crippen LogP contribution in [0.25, 0.3) is 17.0 Å². The predicted molar refractivity (Wildman–Crippen MR) is 130 cm³/mol. The number of nitrogen functional groups attached to an aromatic ring is 1. The number of carbonyl (C=O) groups excluding carboxylic acids is 1. The number of carbonyl (C=O) groups is 1. The van der Waals surface area contributed by atoms with Crippen molar-refractivity contribution >= 4 is 46.1 Å². The van der Waals surface area contributed by atoms with Crippen molar-refractivity contribution in [3.8, 4) is 0 Å². The van der Waals surface area contributed by atoms with Gasteiger partial charge in [-0.1, -0.05) is 30.7 Å². The minimum Gasteiger partial charge on any atom is -0.381 e. The quantitative estimate of drug-likeness (QED) is 0.539. The minimum atomic E-state index is -0.568. The van der Waals surface area contributed by atoms with Gasteiger partial charge in [-0.15, -0.1) is 5.10 Å². The maximum absolute atomic E-state index is 12.6. The van der Waals surface area contributed by atoms with Crippen molar-refractivity contribution in [2.75, 3.05) is 38.2 Å². The first kappa shape index (κ1) is 23.4. The Hall–Kier alpha value is -3.30. The van der Waals surface area contributed by atoms with Crippen molar-refractivity contribution in [1.82, 2.24) is 19.2 Å². The van der Waals surface area contributed by atoms with Crippen LogP contribution in [0, 0.1) is 0 Å². The van der Waals surface area contributed by atoms with Crippen molar-refractivity contribution < 1.29 is 4.79 Å². The zero-order valence-electron chi connectivity index (χ0n) is 18.4. The molecule has 1 aliphatic heterocycles. The Morgan fingerprint density at radius 2 is 2.09 bits per heavy atom. The Bertz CT molecular complexity index is 1230. The highest BCUT2D eigenvalue weighted by molar-refractivity contribution is 6.35. The van der Waals surface area contributed by atoms with E-state index in [0.29, 0.717) is 29.3 Å². The van der Waals surface area contributed by atoms with Crippen LogP contribution in [0.5, 0.6) is 0 Å². The van der Waals surface area contributed by atoms with Crippen LogP contribution < -0.4 is 22.3 Å². The van der Waals surface area contributed by atoms with E-state index >= 15 is 0 Å². The standard InChI is InChI=1S/C15H19ClN2O.C7H9N5O/c1-4-12-10-11-6-5-7-13(16)14(11)15(19)18(12)9-8-17(2)3;8-5-4(6(9)13)7-10-2-1-3-12(7)11-5/h5-7,10H,4,8-9H2,1-3H3;1,3,10H,2H2,(H2,8,11)(H2,9,13). The van der Waals surface area contributed by atoms with Gasteiger partial charge in [0, 0.05) is 31.5 Å². The molecule has 9 nitrogen and oxygen atoms in total. The second-order valence-corrected chi connectivity index (χ2v) is 8.04. The summed E-state index contributed by atoms with van der Waals surface area (Å²) < 4.78 is 3.34. The Kier molecular flexibility index (Phi) is 7.22. The molecule has 0 saturated heterocycles. The van der Waals surface area contributed by atoms with Crippen molar-refractivity contribution in [2.24, 2.45) is 5.73 Å². The van der Waals surface area contributed by atoms with Crippen LogP contribution in [0.3, 0.4) is 0 Å². The molecule has 0 fully saturated rings. The zero-order chi connectivity index (χ0) is 23.4. The van der Waals surface area contributed by atoms with E-state index in [-0.39, 0.29) is 16.9 Å². The Morgan fingerprint density at radius 1 is 1.34 bits per heavy atom. The number of anilines is 2. The third-order valence-corrected chi connectivity index (χ3v) is 5.44. The minimum absolute atomic E-state index is 0.0156. The van der Waals surface area contributed by atoms with Crippen molar-refractivity contribution in [1.29, 1.82) is 0 Å². The highest BCUT2D eigenvalue weighted by atomic mass is 35.5. The van der Waals surface area contributed by atoms with Gasteiger partial charge in [-0.3, -0.25) is 9.59 Å². The van der Waals surface area contributed by atoms with Gasteiger partial charge in [-0.25, -0.2) is 4.68 Å². The molecule has 1 amide bonds. The summed E-state index contributed by atoms with van der Waals surface area (Å²) in [4.78, 5) is 25.7. The van der Waals surface area contributed by atoms with Crippen molar-refractivity contribution in [2.45, 2.75) is 19.9 Å². The topological polar surface area (TPSA) is 124 Å². The maximum atomic E-state index is 12.6. The molecule has 170 valence electrons. The Labute approximate surface area is 191 Å². The molecule has 10 heteroatoms. The molecule has 0 radical (unpaired) electrons. The number of fused-ring (bicyclic) bond motifs is 2. The normalized spacial score (nSPS) is 12.3. The van der Waals surface area contributed by atoms with Crippen LogP contribution in [0.4, 0.5) is 11.6 Å². The summed E-state index contributed by atoms with van der Waals surface area (Å²) in [7, 11) is 4.01. The molecule has 0 atom stereocenters. The maximum Gasteiger partial charge on any atom is 0.260 e. The van der Waals surface area contributed by atoms with Crippen LogP contribution in [-0.2, 0) is 13.0 Å². The molecule has 0 aliphatic carbocycles. The molecule has 2 aromatic heterocycles. The van der Waals surface area contributed by atoms with E-state index in [9.17, 15) is 9.59 Å². The first-order valence-electron chi connectivity index (χ1n) is 10.3. The SMILES string of the molecule is CCc1cc2cccc(Cl)c2c(=O)n1CCN(C)C.NC(=O)c1c(N)nn2c1NCC=C2. The number of hydrogen-bond acceptors (Lipinski definition) is 6. The van der Waals surface area contributed by atoms with Crippen LogP contribution in [0.15, 0.2) is 35.1 Å². The van der Waals surface area contributed by atoms with Gasteiger partial charge in [0.2, 0.25) is 0 Å². The van der Waals surface area contributed by atoms with E-state index in [1.54, 1.807) is 12.3 Å². The number of halogens is 1. The van der Waals surface area contributed by atoms with Gasteiger partial charge < -0.3 is 26.3 Å². The molecule has 5 N–H and O–H groups in total. The van der Waals surface area contributed by atoms with E-state index < -0.39 is 5.91 Å². The van der Waals surface area contributed by atoms with Gasteiger partial charge in [0.05, 0.1) is 10.4 Å². The third kappa shape index (κ3) is 4.79. The summed E-state index contributed by atoms with van der Waals surface area (Å²) in [6, 6.07) is 7.66. The lowest BCUT2D eigenvalue weighted by atomic mass is 10.1. The summed E-state index contributed by atoms with van der Waals surface area (Å²) in [6.07, 6.45) is 4.43. The summed E-state index contributed by atoms with van der Waals surface area (Å²) in [5.41, 5.74) is 12.0.